The van der Waals surface area contributed by atoms with Gasteiger partial charge in [-0.15, -0.1) is 0 Å². The number of benzene rings is 1. The second-order valence-electron chi connectivity index (χ2n) is 4.96. The Balaban J connectivity index is 1.97. The average Bonchev–Trinajstić information content (AvgIpc) is 2.87. The van der Waals surface area contributed by atoms with E-state index in [1.807, 2.05) is 18.7 Å². The Morgan fingerprint density at radius 3 is 2.85 bits per heavy atom. The van der Waals surface area contributed by atoms with Crippen LogP contribution in [0.15, 0.2) is 12.1 Å². The Morgan fingerprint density at radius 2 is 2.10 bits per heavy atom. The van der Waals surface area contributed by atoms with Gasteiger partial charge in [-0.1, -0.05) is 6.92 Å². The molecule has 106 valence electrons. The van der Waals surface area contributed by atoms with E-state index < -0.39 is 5.82 Å². The van der Waals surface area contributed by atoms with Crippen LogP contribution in [0, 0.1) is 5.82 Å². The molecule has 1 aromatic carbocycles. The first-order valence-electron chi connectivity index (χ1n) is 6.50. The molecule has 5 nitrogen and oxygen atoms in total. The number of hydrogen-bond acceptors (Lipinski definition) is 4. The van der Waals surface area contributed by atoms with Gasteiger partial charge in [0.05, 0.1) is 5.56 Å². The van der Waals surface area contributed by atoms with Crippen molar-refractivity contribution in [2.75, 3.05) is 12.3 Å². The van der Waals surface area contributed by atoms with Crippen molar-refractivity contribution >= 4 is 28.7 Å². The first-order chi connectivity index (χ1) is 9.58. The minimum absolute atomic E-state index is 0.0670. The number of aromatic amines is 1. The van der Waals surface area contributed by atoms with E-state index >= 15 is 0 Å². The number of H-pyrrole nitrogens is 1. The Bertz CT molecular complexity index is 659. The van der Waals surface area contributed by atoms with E-state index in [-0.39, 0.29) is 17.5 Å². The molecule has 7 heteroatoms. The highest BCUT2D eigenvalue weighted by Gasteiger charge is 2.31. The van der Waals surface area contributed by atoms with Crippen molar-refractivity contribution in [2.24, 2.45) is 0 Å². The molecule has 0 spiro atoms. The fraction of sp³-hybridized carbons (Fsp3) is 0.462. The van der Waals surface area contributed by atoms with Crippen LogP contribution in [0.4, 0.5) is 4.39 Å². The SMILES string of the molecule is C[C@@H]1SCCN(C(=O)c2cc3n[nH]nc3cc2F)[C@H]1C. The van der Waals surface area contributed by atoms with Gasteiger partial charge in [-0.05, 0) is 13.0 Å². The van der Waals surface area contributed by atoms with Crippen molar-refractivity contribution in [1.29, 1.82) is 0 Å². The number of nitrogens with one attached hydrogen (secondary N) is 1. The number of thioether (sulfide) groups is 1. The highest BCUT2D eigenvalue weighted by Crippen LogP contribution is 2.26. The first kappa shape index (κ1) is 13.4. The molecule has 1 aliphatic rings. The molecule has 1 N–H and O–H groups in total. The van der Waals surface area contributed by atoms with E-state index in [0.29, 0.717) is 22.8 Å². The average molecular weight is 294 g/mol. The van der Waals surface area contributed by atoms with Crippen LogP contribution < -0.4 is 0 Å². The van der Waals surface area contributed by atoms with Crippen molar-refractivity contribution in [3.8, 4) is 0 Å². The van der Waals surface area contributed by atoms with Crippen LogP contribution in [-0.4, -0.2) is 49.8 Å². The second-order valence-corrected chi connectivity index (χ2v) is 6.44. The predicted octanol–water partition coefficient (Wildman–Crippen LogP) is 2.06. The van der Waals surface area contributed by atoms with Gasteiger partial charge in [0.2, 0.25) is 0 Å². The lowest BCUT2D eigenvalue weighted by atomic mass is 10.1. The zero-order valence-corrected chi connectivity index (χ0v) is 12.1. The Kier molecular flexibility index (Phi) is 3.37. The lowest BCUT2D eigenvalue weighted by Gasteiger charge is -2.37. The summed E-state index contributed by atoms with van der Waals surface area (Å²) in [5.41, 5.74) is 0.994. The summed E-state index contributed by atoms with van der Waals surface area (Å²) >= 11 is 1.84. The summed E-state index contributed by atoms with van der Waals surface area (Å²) in [5, 5.41) is 10.5. The van der Waals surface area contributed by atoms with Crippen LogP contribution in [0.5, 0.6) is 0 Å². The maximum Gasteiger partial charge on any atom is 0.257 e. The van der Waals surface area contributed by atoms with Gasteiger partial charge in [0.25, 0.3) is 5.91 Å². The van der Waals surface area contributed by atoms with Crippen LogP contribution in [0.1, 0.15) is 24.2 Å². The van der Waals surface area contributed by atoms with Gasteiger partial charge in [0.15, 0.2) is 0 Å². The quantitative estimate of drug-likeness (QED) is 0.874. The minimum atomic E-state index is -0.547. The van der Waals surface area contributed by atoms with Crippen molar-refractivity contribution in [3.63, 3.8) is 0 Å². The molecule has 0 saturated carbocycles. The monoisotopic (exact) mass is 294 g/mol. The van der Waals surface area contributed by atoms with Gasteiger partial charge in [-0.3, -0.25) is 4.79 Å². The maximum atomic E-state index is 14.1. The summed E-state index contributed by atoms with van der Waals surface area (Å²) < 4.78 is 14.1. The van der Waals surface area contributed by atoms with Gasteiger partial charge in [0.1, 0.15) is 16.9 Å². The normalized spacial score (nSPS) is 23.2. The van der Waals surface area contributed by atoms with E-state index in [1.165, 1.54) is 12.1 Å². The zero-order chi connectivity index (χ0) is 14.3. The number of aromatic nitrogens is 3. The standard InChI is InChI=1S/C13H15FN4OS/c1-7-8(2)20-4-3-18(7)13(19)9-5-11-12(6-10(9)14)16-17-15-11/h5-8H,3-4H2,1-2H3,(H,15,16,17)/t7-,8-/m0/s1. The van der Waals surface area contributed by atoms with E-state index in [4.69, 9.17) is 0 Å². The number of amides is 1. The van der Waals surface area contributed by atoms with Crippen molar-refractivity contribution in [2.45, 2.75) is 25.1 Å². The number of hydrogen-bond donors (Lipinski definition) is 1. The lowest BCUT2D eigenvalue weighted by molar-refractivity contribution is 0.0693. The van der Waals surface area contributed by atoms with Gasteiger partial charge in [0, 0.05) is 29.7 Å². The van der Waals surface area contributed by atoms with E-state index in [0.717, 1.165) is 5.75 Å². The van der Waals surface area contributed by atoms with Gasteiger partial charge >= 0.3 is 0 Å². The maximum absolute atomic E-state index is 14.1. The number of nitrogens with zero attached hydrogens (tertiary/aromatic N) is 3. The Hall–Kier alpha value is -1.63. The van der Waals surface area contributed by atoms with Crippen LogP contribution >= 0.6 is 11.8 Å². The third-order valence-corrected chi connectivity index (χ3v) is 5.12. The summed E-state index contributed by atoms with van der Waals surface area (Å²) in [7, 11) is 0. The first-order valence-corrected chi connectivity index (χ1v) is 7.55. The molecule has 0 unspecified atom stereocenters. The van der Waals surface area contributed by atoms with Gasteiger partial charge in [-0.25, -0.2) is 4.39 Å². The molecular formula is C13H15FN4OS. The molecule has 0 bridgehead atoms. The predicted molar refractivity (Wildman–Crippen MR) is 76.3 cm³/mol. The number of carbonyl (C=O) groups excluding carboxylic acids is 1. The summed E-state index contributed by atoms with van der Waals surface area (Å²) in [6, 6.07) is 2.81. The molecule has 1 aromatic heterocycles. The molecule has 1 aliphatic heterocycles. The fourth-order valence-corrected chi connectivity index (χ4v) is 3.50. The molecule has 0 radical (unpaired) electrons. The summed E-state index contributed by atoms with van der Waals surface area (Å²) in [4.78, 5) is 14.3. The van der Waals surface area contributed by atoms with Gasteiger partial charge < -0.3 is 4.90 Å². The Labute approximate surface area is 119 Å². The summed E-state index contributed by atoms with van der Waals surface area (Å²) in [6.45, 7) is 4.73. The van der Waals surface area contributed by atoms with E-state index in [9.17, 15) is 9.18 Å². The molecule has 3 rings (SSSR count). The molecule has 1 saturated heterocycles. The second kappa shape index (κ2) is 5.05. The molecule has 0 aliphatic carbocycles. The molecule has 1 amide bonds. The van der Waals surface area contributed by atoms with E-state index in [2.05, 4.69) is 22.3 Å². The van der Waals surface area contributed by atoms with Crippen LogP contribution in [0.25, 0.3) is 11.0 Å². The number of rotatable bonds is 1. The molecule has 2 atom stereocenters. The largest absolute Gasteiger partial charge is 0.334 e. The fourth-order valence-electron chi connectivity index (χ4n) is 2.40. The highest BCUT2D eigenvalue weighted by atomic mass is 32.2. The molecule has 2 heterocycles. The van der Waals surface area contributed by atoms with Crippen molar-refractivity contribution in [3.05, 3.63) is 23.5 Å². The summed E-state index contributed by atoms with van der Waals surface area (Å²) in [6.07, 6.45) is 0. The summed E-state index contributed by atoms with van der Waals surface area (Å²) in [5.74, 6) is 0.0620. The minimum Gasteiger partial charge on any atom is -0.334 e. The third kappa shape index (κ3) is 2.15. The number of fused-ring (bicyclic) bond motifs is 1. The highest BCUT2D eigenvalue weighted by molar-refractivity contribution is 8.00. The zero-order valence-electron chi connectivity index (χ0n) is 11.3. The van der Waals surface area contributed by atoms with E-state index in [1.54, 1.807) is 4.90 Å². The molecular weight excluding hydrogens is 279 g/mol. The topological polar surface area (TPSA) is 61.9 Å². The van der Waals surface area contributed by atoms with Crippen molar-refractivity contribution in [1.82, 2.24) is 20.3 Å². The van der Waals surface area contributed by atoms with Crippen LogP contribution in [0.3, 0.4) is 0 Å². The van der Waals surface area contributed by atoms with Gasteiger partial charge in [-0.2, -0.15) is 27.2 Å². The smallest absolute Gasteiger partial charge is 0.257 e. The van der Waals surface area contributed by atoms with Crippen LogP contribution in [0.2, 0.25) is 0 Å². The molecule has 20 heavy (non-hydrogen) atoms. The number of halogens is 1. The lowest BCUT2D eigenvalue weighted by Crippen LogP contribution is -2.48. The van der Waals surface area contributed by atoms with Crippen LogP contribution in [-0.2, 0) is 0 Å². The third-order valence-electron chi connectivity index (χ3n) is 3.78. The Morgan fingerprint density at radius 1 is 1.40 bits per heavy atom. The van der Waals surface area contributed by atoms with Crippen molar-refractivity contribution < 1.29 is 9.18 Å². The molecule has 2 aromatic rings. The molecule has 1 fully saturated rings. The number of carbonyl (C=O) groups is 1.